The molecule has 138 valence electrons. The number of fused-ring (bicyclic) bond motifs is 1. The SMILES string of the molecule is O=C(Nn1c(C2CCCCC2)nc2ccccc2c1=O)C1CCCCC1. The summed E-state index contributed by atoms with van der Waals surface area (Å²) >= 11 is 0. The van der Waals surface area contributed by atoms with Crippen LogP contribution in [0.5, 0.6) is 0 Å². The Bertz CT molecular complexity index is 846. The number of aromatic nitrogens is 2. The van der Waals surface area contributed by atoms with Crippen LogP contribution in [0.4, 0.5) is 0 Å². The van der Waals surface area contributed by atoms with E-state index in [1.165, 1.54) is 17.5 Å². The van der Waals surface area contributed by atoms with E-state index in [9.17, 15) is 9.59 Å². The fourth-order valence-electron chi connectivity index (χ4n) is 4.46. The third kappa shape index (κ3) is 3.39. The predicted molar refractivity (Wildman–Crippen MR) is 103 cm³/mol. The molecule has 0 saturated heterocycles. The minimum Gasteiger partial charge on any atom is -0.273 e. The summed E-state index contributed by atoms with van der Waals surface area (Å²) in [4.78, 5) is 30.7. The zero-order valence-corrected chi connectivity index (χ0v) is 15.2. The predicted octanol–water partition coefficient (Wildman–Crippen LogP) is 4.09. The summed E-state index contributed by atoms with van der Waals surface area (Å²) in [5, 5.41) is 0.566. The highest BCUT2D eigenvalue weighted by Crippen LogP contribution is 2.31. The molecule has 1 aromatic heterocycles. The first kappa shape index (κ1) is 17.3. The highest BCUT2D eigenvalue weighted by atomic mass is 16.2. The van der Waals surface area contributed by atoms with Crippen molar-refractivity contribution in [3.05, 3.63) is 40.4 Å². The first-order valence-electron chi connectivity index (χ1n) is 10.1. The van der Waals surface area contributed by atoms with Crippen LogP contribution in [0, 0.1) is 5.92 Å². The van der Waals surface area contributed by atoms with Crippen LogP contribution in [0.3, 0.4) is 0 Å². The smallest absolute Gasteiger partial charge is 0.273 e. The van der Waals surface area contributed by atoms with Crippen LogP contribution >= 0.6 is 0 Å². The van der Waals surface area contributed by atoms with Crippen LogP contribution in [0.25, 0.3) is 10.9 Å². The van der Waals surface area contributed by atoms with Gasteiger partial charge in [0.25, 0.3) is 5.56 Å². The van der Waals surface area contributed by atoms with Crippen LogP contribution in [0.1, 0.15) is 76.0 Å². The van der Waals surface area contributed by atoms with Gasteiger partial charge in [-0.2, -0.15) is 0 Å². The molecule has 0 atom stereocenters. The number of nitrogens with one attached hydrogen (secondary N) is 1. The van der Waals surface area contributed by atoms with Gasteiger partial charge in [-0.05, 0) is 37.8 Å². The lowest BCUT2D eigenvalue weighted by atomic mass is 9.88. The van der Waals surface area contributed by atoms with Gasteiger partial charge in [-0.15, -0.1) is 0 Å². The topological polar surface area (TPSA) is 64.0 Å². The Kier molecular flexibility index (Phi) is 5.05. The number of hydrogen-bond acceptors (Lipinski definition) is 3. The van der Waals surface area contributed by atoms with Crippen LogP contribution in [0.15, 0.2) is 29.1 Å². The van der Waals surface area contributed by atoms with E-state index in [1.54, 1.807) is 6.07 Å². The molecule has 0 bridgehead atoms. The first-order valence-corrected chi connectivity index (χ1v) is 10.1. The second kappa shape index (κ2) is 7.60. The van der Waals surface area contributed by atoms with Gasteiger partial charge in [0.1, 0.15) is 5.82 Å². The third-order valence-corrected chi connectivity index (χ3v) is 5.97. The Hall–Kier alpha value is -2.17. The van der Waals surface area contributed by atoms with Gasteiger partial charge in [-0.25, -0.2) is 9.66 Å². The average molecular weight is 353 g/mol. The Morgan fingerprint density at radius 1 is 0.962 bits per heavy atom. The lowest BCUT2D eigenvalue weighted by Crippen LogP contribution is -2.40. The standard InChI is InChI=1S/C21H27N3O2/c25-20(16-11-5-2-6-12-16)23-24-19(15-9-3-1-4-10-15)22-18-14-8-7-13-17(18)21(24)26/h7-8,13-16H,1-6,9-12H2,(H,23,25). The highest BCUT2D eigenvalue weighted by molar-refractivity contribution is 5.86. The minimum atomic E-state index is -0.152. The summed E-state index contributed by atoms with van der Waals surface area (Å²) in [6.07, 6.45) is 10.8. The van der Waals surface area contributed by atoms with Crippen LogP contribution in [0.2, 0.25) is 0 Å². The molecule has 26 heavy (non-hydrogen) atoms. The molecule has 1 heterocycles. The normalized spacial score (nSPS) is 19.5. The van der Waals surface area contributed by atoms with E-state index in [0.717, 1.165) is 62.7 Å². The lowest BCUT2D eigenvalue weighted by molar-refractivity contribution is -0.121. The van der Waals surface area contributed by atoms with Gasteiger partial charge in [0.2, 0.25) is 5.91 Å². The Labute approximate surface area is 153 Å². The van der Waals surface area contributed by atoms with Crippen molar-refractivity contribution < 1.29 is 4.79 Å². The van der Waals surface area contributed by atoms with Gasteiger partial charge in [0.05, 0.1) is 10.9 Å². The summed E-state index contributed by atoms with van der Waals surface area (Å²) in [6, 6.07) is 7.43. The first-order chi connectivity index (χ1) is 12.7. The molecule has 0 spiro atoms. The average Bonchev–Trinajstić information content (AvgIpc) is 2.71. The number of hydrogen-bond donors (Lipinski definition) is 1. The zero-order valence-electron chi connectivity index (χ0n) is 15.2. The Morgan fingerprint density at radius 2 is 1.62 bits per heavy atom. The maximum Gasteiger partial charge on any atom is 0.280 e. The van der Waals surface area contributed by atoms with E-state index >= 15 is 0 Å². The molecule has 5 nitrogen and oxygen atoms in total. The number of nitrogens with zero attached hydrogens (tertiary/aromatic N) is 2. The maximum absolute atomic E-state index is 13.1. The molecule has 4 rings (SSSR count). The molecular formula is C21H27N3O2. The highest BCUT2D eigenvalue weighted by Gasteiger charge is 2.26. The number of carbonyl (C=O) groups is 1. The van der Waals surface area contributed by atoms with Crippen molar-refractivity contribution >= 4 is 16.8 Å². The third-order valence-electron chi connectivity index (χ3n) is 5.97. The summed E-state index contributed by atoms with van der Waals surface area (Å²) in [5.74, 6) is 0.965. The molecule has 5 heteroatoms. The fraction of sp³-hybridized carbons (Fsp3) is 0.571. The van der Waals surface area contributed by atoms with E-state index in [0.29, 0.717) is 5.39 Å². The van der Waals surface area contributed by atoms with Gasteiger partial charge >= 0.3 is 0 Å². The van der Waals surface area contributed by atoms with E-state index in [4.69, 9.17) is 4.98 Å². The number of para-hydroxylation sites is 1. The molecule has 2 saturated carbocycles. The second-order valence-corrected chi connectivity index (χ2v) is 7.77. The second-order valence-electron chi connectivity index (χ2n) is 7.77. The zero-order chi connectivity index (χ0) is 17.9. The summed E-state index contributed by atoms with van der Waals surface area (Å²) in [7, 11) is 0. The Morgan fingerprint density at radius 3 is 2.35 bits per heavy atom. The number of amides is 1. The number of carbonyl (C=O) groups excluding carboxylic acids is 1. The molecule has 0 unspecified atom stereocenters. The molecule has 1 N–H and O–H groups in total. The van der Waals surface area contributed by atoms with Crippen molar-refractivity contribution in [2.45, 2.75) is 70.1 Å². The molecule has 0 aliphatic heterocycles. The van der Waals surface area contributed by atoms with Gasteiger partial charge in [-0.1, -0.05) is 50.7 Å². The van der Waals surface area contributed by atoms with Crippen molar-refractivity contribution in [2.75, 3.05) is 5.43 Å². The number of rotatable bonds is 3. The van der Waals surface area contributed by atoms with Gasteiger partial charge in [-0.3, -0.25) is 15.0 Å². The van der Waals surface area contributed by atoms with Crippen LogP contribution < -0.4 is 11.0 Å². The Balaban J connectivity index is 1.73. The quantitative estimate of drug-likeness (QED) is 0.904. The molecule has 1 amide bonds. The molecular weight excluding hydrogens is 326 g/mol. The van der Waals surface area contributed by atoms with Gasteiger partial charge in [0.15, 0.2) is 0 Å². The van der Waals surface area contributed by atoms with E-state index < -0.39 is 0 Å². The van der Waals surface area contributed by atoms with Crippen LogP contribution in [-0.2, 0) is 4.79 Å². The van der Waals surface area contributed by atoms with Gasteiger partial charge in [0, 0.05) is 11.8 Å². The van der Waals surface area contributed by atoms with Crippen molar-refractivity contribution in [3.63, 3.8) is 0 Å². The molecule has 2 aliphatic rings. The summed E-state index contributed by atoms with van der Waals surface area (Å²) < 4.78 is 1.47. The summed E-state index contributed by atoms with van der Waals surface area (Å²) in [5.41, 5.74) is 3.51. The molecule has 0 radical (unpaired) electrons. The largest absolute Gasteiger partial charge is 0.280 e. The van der Waals surface area contributed by atoms with E-state index in [1.807, 2.05) is 18.2 Å². The van der Waals surface area contributed by atoms with Crippen molar-refractivity contribution in [2.24, 2.45) is 5.92 Å². The van der Waals surface area contributed by atoms with E-state index in [-0.39, 0.29) is 23.3 Å². The van der Waals surface area contributed by atoms with Crippen molar-refractivity contribution in [1.82, 2.24) is 9.66 Å². The molecule has 1 aromatic carbocycles. The van der Waals surface area contributed by atoms with Crippen LogP contribution in [-0.4, -0.2) is 15.6 Å². The van der Waals surface area contributed by atoms with Crippen molar-refractivity contribution in [1.29, 1.82) is 0 Å². The molecule has 2 aromatic rings. The molecule has 2 fully saturated rings. The molecule has 2 aliphatic carbocycles. The lowest BCUT2D eigenvalue weighted by Gasteiger charge is -2.26. The summed E-state index contributed by atoms with van der Waals surface area (Å²) in [6.45, 7) is 0. The van der Waals surface area contributed by atoms with E-state index in [2.05, 4.69) is 5.43 Å². The number of benzene rings is 1. The maximum atomic E-state index is 13.1. The monoisotopic (exact) mass is 353 g/mol. The van der Waals surface area contributed by atoms with Crippen molar-refractivity contribution in [3.8, 4) is 0 Å². The minimum absolute atomic E-state index is 0.0151. The van der Waals surface area contributed by atoms with Gasteiger partial charge < -0.3 is 0 Å². The fourth-order valence-corrected chi connectivity index (χ4v) is 4.46.